The van der Waals surface area contributed by atoms with Crippen LogP contribution in [-0.2, 0) is 0 Å². The number of aromatic nitrogens is 2. The Hall–Kier alpha value is -2.61. The first kappa shape index (κ1) is 13.8. The number of benzene rings is 1. The molecule has 0 radical (unpaired) electrons. The van der Waals surface area contributed by atoms with E-state index in [-0.39, 0.29) is 0 Å². The molecule has 5 nitrogen and oxygen atoms in total. The number of hydrogen-bond donors (Lipinski definition) is 1. The summed E-state index contributed by atoms with van der Waals surface area (Å²) in [7, 11) is 0. The van der Waals surface area contributed by atoms with E-state index in [4.69, 9.17) is 5.26 Å². The third kappa shape index (κ3) is 3.04. The molecule has 0 aliphatic carbocycles. The van der Waals surface area contributed by atoms with E-state index < -0.39 is 0 Å². The third-order valence-corrected chi connectivity index (χ3v) is 3.02. The number of para-hydroxylation sites is 1. The number of nitrogens with zero attached hydrogens (tertiary/aromatic N) is 4. The van der Waals surface area contributed by atoms with Crippen molar-refractivity contribution in [3.63, 3.8) is 0 Å². The van der Waals surface area contributed by atoms with Crippen molar-refractivity contribution < 1.29 is 0 Å². The molecule has 1 heterocycles. The number of nitriles is 1. The molecule has 0 bridgehead atoms. The summed E-state index contributed by atoms with van der Waals surface area (Å²) in [6.45, 7) is 5.96. The predicted molar refractivity (Wildman–Crippen MR) is 80.0 cm³/mol. The topological polar surface area (TPSA) is 64.8 Å². The predicted octanol–water partition coefficient (Wildman–Crippen LogP) is 2.94. The molecule has 0 aliphatic heterocycles. The van der Waals surface area contributed by atoms with Crippen LogP contribution in [0.25, 0.3) is 0 Å². The maximum atomic E-state index is 9.08. The SMILES string of the molecule is CCN(CC)c1ccnc(Nc2ccccc2C#N)n1. The van der Waals surface area contributed by atoms with E-state index in [1.54, 1.807) is 12.3 Å². The molecule has 1 aromatic heterocycles. The van der Waals surface area contributed by atoms with E-state index in [1.165, 1.54) is 0 Å². The van der Waals surface area contributed by atoms with Gasteiger partial charge in [-0.1, -0.05) is 12.1 Å². The number of anilines is 3. The van der Waals surface area contributed by atoms with Gasteiger partial charge >= 0.3 is 0 Å². The van der Waals surface area contributed by atoms with Gasteiger partial charge in [0.25, 0.3) is 0 Å². The van der Waals surface area contributed by atoms with E-state index in [9.17, 15) is 0 Å². The molecule has 0 amide bonds. The van der Waals surface area contributed by atoms with Gasteiger partial charge in [0.05, 0.1) is 11.3 Å². The summed E-state index contributed by atoms with van der Waals surface area (Å²) in [6, 6.07) is 11.3. The summed E-state index contributed by atoms with van der Waals surface area (Å²) in [4.78, 5) is 10.8. The third-order valence-electron chi connectivity index (χ3n) is 3.02. The van der Waals surface area contributed by atoms with E-state index in [1.807, 2.05) is 24.3 Å². The fourth-order valence-electron chi connectivity index (χ4n) is 1.94. The lowest BCUT2D eigenvalue weighted by molar-refractivity contribution is 0.843. The molecular formula is C15H17N5. The summed E-state index contributed by atoms with van der Waals surface area (Å²) in [5.41, 5.74) is 1.29. The zero-order chi connectivity index (χ0) is 14.4. The molecule has 0 unspecified atom stereocenters. The minimum atomic E-state index is 0.497. The normalized spacial score (nSPS) is 9.85. The summed E-state index contributed by atoms with van der Waals surface area (Å²) in [5, 5.41) is 12.2. The minimum absolute atomic E-state index is 0.497. The lowest BCUT2D eigenvalue weighted by atomic mass is 10.2. The van der Waals surface area contributed by atoms with Crippen molar-refractivity contribution in [2.75, 3.05) is 23.3 Å². The molecule has 1 aromatic carbocycles. The van der Waals surface area contributed by atoms with Crippen LogP contribution in [0.1, 0.15) is 19.4 Å². The summed E-state index contributed by atoms with van der Waals surface area (Å²) >= 11 is 0. The van der Waals surface area contributed by atoms with E-state index in [2.05, 4.69) is 40.1 Å². The summed E-state index contributed by atoms with van der Waals surface area (Å²) in [6.07, 6.45) is 1.72. The van der Waals surface area contributed by atoms with Gasteiger partial charge in [0.15, 0.2) is 0 Å². The fraction of sp³-hybridized carbons (Fsp3) is 0.267. The van der Waals surface area contributed by atoms with Gasteiger partial charge in [-0.25, -0.2) is 4.98 Å². The molecule has 0 saturated heterocycles. The lowest BCUT2D eigenvalue weighted by Gasteiger charge is -2.19. The number of nitrogens with one attached hydrogen (secondary N) is 1. The van der Waals surface area contributed by atoms with Gasteiger partial charge in [-0.3, -0.25) is 0 Å². The average Bonchev–Trinajstić information content (AvgIpc) is 2.49. The van der Waals surface area contributed by atoms with Gasteiger partial charge in [0.2, 0.25) is 5.95 Å². The van der Waals surface area contributed by atoms with Gasteiger partial charge in [0.1, 0.15) is 11.9 Å². The number of hydrogen-bond acceptors (Lipinski definition) is 5. The molecule has 2 aromatic rings. The highest BCUT2D eigenvalue weighted by molar-refractivity contribution is 5.63. The van der Waals surface area contributed by atoms with E-state index >= 15 is 0 Å². The maximum Gasteiger partial charge on any atom is 0.229 e. The van der Waals surface area contributed by atoms with Crippen LogP contribution >= 0.6 is 0 Å². The highest BCUT2D eigenvalue weighted by atomic mass is 15.2. The molecule has 20 heavy (non-hydrogen) atoms. The van der Waals surface area contributed by atoms with Crippen molar-refractivity contribution in [3.05, 3.63) is 42.1 Å². The molecule has 0 spiro atoms. The number of rotatable bonds is 5. The van der Waals surface area contributed by atoms with Crippen molar-refractivity contribution in [2.45, 2.75) is 13.8 Å². The van der Waals surface area contributed by atoms with Crippen LogP contribution in [0.5, 0.6) is 0 Å². The van der Waals surface area contributed by atoms with Crippen LogP contribution in [0.15, 0.2) is 36.5 Å². The van der Waals surface area contributed by atoms with Crippen LogP contribution < -0.4 is 10.2 Å². The van der Waals surface area contributed by atoms with Crippen molar-refractivity contribution in [1.82, 2.24) is 9.97 Å². The quantitative estimate of drug-likeness (QED) is 0.902. The second-order valence-electron chi connectivity index (χ2n) is 4.19. The van der Waals surface area contributed by atoms with Crippen molar-refractivity contribution in [3.8, 4) is 6.07 Å². The molecule has 5 heteroatoms. The molecule has 0 saturated carbocycles. The highest BCUT2D eigenvalue weighted by Crippen LogP contribution is 2.19. The molecule has 2 rings (SSSR count). The molecule has 102 valence electrons. The second-order valence-corrected chi connectivity index (χ2v) is 4.19. The lowest BCUT2D eigenvalue weighted by Crippen LogP contribution is -2.23. The van der Waals surface area contributed by atoms with Gasteiger partial charge in [-0.2, -0.15) is 10.2 Å². The zero-order valence-electron chi connectivity index (χ0n) is 11.7. The molecule has 0 fully saturated rings. The Kier molecular flexibility index (Phi) is 4.51. The first-order chi connectivity index (χ1) is 9.78. The molecule has 0 atom stereocenters. The van der Waals surface area contributed by atoms with E-state index in [0.717, 1.165) is 18.9 Å². The van der Waals surface area contributed by atoms with Crippen molar-refractivity contribution in [1.29, 1.82) is 5.26 Å². The van der Waals surface area contributed by atoms with Crippen molar-refractivity contribution >= 4 is 17.5 Å². The minimum Gasteiger partial charge on any atom is -0.357 e. The second kappa shape index (κ2) is 6.53. The summed E-state index contributed by atoms with van der Waals surface area (Å²) < 4.78 is 0. The van der Waals surface area contributed by atoms with Crippen LogP contribution in [0.2, 0.25) is 0 Å². The van der Waals surface area contributed by atoms with Gasteiger partial charge in [0, 0.05) is 19.3 Å². The zero-order valence-corrected chi connectivity index (χ0v) is 11.7. The Morgan fingerprint density at radius 1 is 1.20 bits per heavy atom. The molecule has 0 aliphatic rings. The van der Waals surface area contributed by atoms with Crippen LogP contribution in [-0.4, -0.2) is 23.1 Å². The van der Waals surface area contributed by atoms with Crippen LogP contribution in [0, 0.1) is 11.3 Å². The first-order valence-corrected chi connectivity index (χ1v) is 6.62. The average molecular weight is 267 g/mol. The standard InChI is InChI=1S/C15H17N5/c1-3-20(4-2)14-9-10-17-15(19-14)18-13-8-6-5-7-12(13)11-16/h5-10H,3-4H2,1-2H3,(H,17,18,19). The van der Waals surface area contributed by atoms with E-state index in [0.29, 0.717) is 17.2 Å². The highest BCUT2D eigenvalue weighted by Gasteiger charge is 2.07. The molecule has 1 N–H and O–H groups in total. The van der Waals surface area contributed by atoms with Gasteiger partial charge in [-0.15, -0.1) is 0 Å². The molecular weight excluding hydrogens is 250 g/mol. The Labute approximate surface area is 118 Å². The Morgan fingerprint density at radius 2 is 1.95 bits per heavy atom. The van der Waals surface area contributed by atoms with Crippen molar-refractivity contribution in [2.24, 2.45) is 0 Å². The largest absolute Gasteiger partial charge is 0.357 e. The van der Waals surface area contributed by atoms with Crippen LogP contribution in [0.4, 0.5) is 17.5 Å². The van der Waals surface area contributed by atoms with Crippen LogP contribution in [0.3, 0.4) is 0 Å². The first-order valence-electron chi connectivity index (χ1n) is 6.62. The Balaban J connectivity index is 2.26. The fourth-order valence-corrected chi connectivity index (χ4v) is 1.94. The smallest absolute Gasteiger partial charge is 0.229 e. The Morgan fingerprint density at radius 3 is 2.65 bits per heavy atom. The van der Waals surface area contributed by atoms with Gasteiger partial charge < -0.3 is 10.2 Å². The van der Waals surface area contributed by atoms with Gasteiger partial charge in [-0.05, 0) is 32.0 Å². The maximum absolute atomic E-state index is 9.08. The summed E-state index contributed by atoms with van der Waals surface area (Å²) in [5.74, 6) is 1.37. The monoisotopic (exact) mass is 267 g/mol. The Bertz CT molecular complexity index is 614.